The van der Waals surface area contributed by atoms with Crippen molar-refractivity contribution in [1.82, 2.24) is 10.6 Å². The van der Waals surface area contributed by atoms with E-state index in [-0.39, 0.29) is 11.9 Å². The van der Waals surface area contributed by atoms with Gasteiger partial charge in [-0.2, -0.15) is 0 Å². The Balaban J connectivity index is 1.43. The molecule has 2 N–H and O–H groups in total. The van der Waals surface area contributed by atoms with Crippen molar-refractivity contribution in [2.24, 2.45) is 0 Å². The van der Waals surface area contributed by atoms with Crippen LogP contribution < -0.4 is 15.4 Å². The SMILES string of the molecule is O=C(CC1COCCN1)NCCOc1cccc2ccccc12. The van der Waals surface area contributed by atoms with Gasteiger partial charge in [0.15, 0.2) is 0 Å². The second-order valence-corrected chi connectivity index (χ2v) is 5.61. The summed E-state index contributed by atoms with van der Waals surface area (Å²) in [6, 6.07) is 14.2. The Labute approximate surface area is 136 Å². The van der Waals surface area contributed by atoms with E-state index in [9.17, 15) is 4.79 Å². The lowest BCUT2D eigenvalue weighted by molar-refractivity contribution is -0.122. The molecule has 2 aromatic carbocycles. The summed E-state index contributed by atoms with van der Waals surface area (Å²) in [5.41, 5.74) is 0. The first-order valence-electron chi connectivity index (χ1n) is 8.01. The van der Waals surface area contributed by atoms with Gasteiger partial charge in [-0.15, -0.1) is 0 Å². The summed E-state index contributed by atoms with van der Waals surface area (Å²) in [6.45, 7) is 3.07. The lowest BCUT2D eigenvalue weighted by Gasteiger charge is -2.23. The molecule has 1 amide bonds. The molecule has 5 heteroatoms. The zero-order valence-corrected chi connectivity index (χ0v) is 13.1. The van der Waals surface area contributed by atoms with E-state index in [1.807, 2.05) is 30.3 Å². The molecular formula is C18H22N2O3. The Kier molecular flexibility index (Phi) is 5.45. The fraction of sp³-hybridized carbons (Fsp3) is 0.389. The van der Waals surface area contributed by atoms with E-state index in [4.69, 9.17) is 9.47 Å². The Bertz CT molecular complexity index is 648. The third-order valence-electron chi connectivity index (χ3n) is 3.86. The second-order valence-electron chi connectivity index (χ2n) is 5.61. The molecule has 0 radical (unpaired) electrons. The molecule has 0 aliphatic carbocycles. The molecule has 0 aromatic heterocycles. The van der Waals surface area contributed by atoms with Crippen LogP contribution >= 0.6 is 0 Å². The number of carbonyl (C=O) groups excluding carboxylic acids is 1. The van der Waals surface area contributed by atoms with Crippen molar-refractivity contribution >= 4 is 16.7 Å². The number of fused-ring (bicyclic) bond motifs is 1. The Hall–Kier alpha value is -2.11. The summed E-state index contributed by atoms with van der Waals surface area (Å²) >= 11 is 0. The van der Waals surface area contributed by atoms with E-state index < -0.39 is 0 Å². The van der Waals surface area contributed by atoms with E-state index in [0.29, 0.717) is 26.2 Å². The van der Waals surface area contributed by atoms with Crippen LogP contribution in [0.2, 0.25) is 0 Å². The highest BCUT2D eigenvalue weighted by molar-refractivity contribution is 5.88. The molecule has 23 heavy (non-hydrogen) atoms. The molecule has 5 nitrogen and oxygen atoms in total. The monoisotopic (exact) mass is 314 g/mol. The van der Waals surface area contributed by atoms with Crippen LogP contribution in [-0.2, 0) is 9.53 Å². The molecule has 2 aromatic rings. The van der Waals surface area contributed by atoms with Gasteiger partial charge < -0.3 is 20.1 Å². The summed E-state index contributed by atoms with van der Waals surface area (Å²) in [7, 11) is 0. The molecule has 1 aliphatic rings. The number of morpholine rings is 1. The minimum atomic E-state index is 0.0227. The molecule has 0 spiro atoms. The number of hydrogen-bond acceptors (Lipinski definition) is 4. The van der Waals surface area contributed by atoms with Crippen LogP contribution in [-0.4, -0.2) is 44.9 Å². The second kappa shape index (κ2) is 7.94. The van der Waals surface area contributed by atoms with Crippen LogP contribution in [0.3, 0.4) is 0 Å². The van der Waals surface area contributed by atoms with Crippen molar-refractivity contribution in [2.75, 3.05) is 32.9 Å². The van der Waals surface area contributed by atoms with Gasteiger partial charge >= 0.3 is 0 Å². The first-order chi connectivity index (χ1) is 11.3. The Morgan fingerprint density at radius 2 is 2.13 bits per heavy atom. The van der Waals surface area contributed by atoms with Crippen molar-refractivity contribution in [3.63, 3.8) is 0 Å². The summed E-state index contributed by atoms with van der Waals surface area (Å²) in [6.07, 6.45) is 0.439. The van der Waals surface area contributed by atoms with Gasteiger partial charge in [0.2, 0.25) is 5.91 Å². The van der Waals surface area contributed by atoms with Gasteiger partial charge in [0, 0.05) is 24.4 Å². The zero-order chi connectivity index (χ0) is 15.9. The number of hydrogen-bond donors (Lipinski definition) is 2. The quantitative estimate of drug-likeness (QED) is 0.797. The molecule has 1 saturated heterocycles. The maximum absolute atomic E-state index is 11.9. The van der Waals surface area contributed by atoms with Crippen molar-refractivity contribution in [2.45, 2.75) is 12.5 Å². The highest BCUT2D eigenvalue weighted by atomic mass is 16.5. The molecule has 1 atom stereocenters. The Morgan fingerprint density at radius 3 is 3.00 bits per heavy atom. The minimum absolute atomic E-state index is 0.0227. The van der Waals surface area contributed by atoms with Crippen molar-refractivity contribution in [3.05, 3.63) is 42.5 Å². The predicted octanol–water partition coefficient (Wildman–Crippen LogP) is 1.71. The van der Waals surface area contributed by atoms with Gasteiger partial charge in [0.25, 0.3) is 0 Å². The van der Waals surface area contributed by atoms with E-state index in [2.05, 4.69) is 22.8 Å². The summed E-state index contributed by atoms with van der Waals surface area (Å²) < 4.78 is 11.1. The van der Waals surface area contributed by atoms with Crippen LogP contribution in [0.4, 0.5) is 0 Å². The number of benzene rings is 2. The molecule has 1 fully saturated rings. The first-order valence-corrected chi connectivity index (χ1v) is 8.01. The lowest BCUT2D eigenvalue weighted by Crippen LogP contribution is -2.44. The van der Waals surface area contributed by atoms with Crippen LogP contribution in [0.25, 0.3) is 10.8 Å². The third kappa shape index (κ3) is 4.43. The van der Waals surface area contributed by atoms with Crippen LogP contribution in [0.15, 0.2) is 42.5 Å². The van der Waals surface area contributed by atoms with Crippen LogP contribution in [0, 0.1) is 0 Å². The Morgan fingerprint density at radius 1 is 1.26 bits per heavy atom. The largest absolute Gasteiger partial charge is 0.491 e. The molecule has 0 bridgehead atoms. The predicted molar refractivity (Wildman–Crippen MR) is 89.7 cm³/mol. The molecule has 1 heterocycles. The standard InChI is InChI=1S/C18H22N2O3/c21-18(12-15-13-22-10-8-19-15)20-9-11-23-17-7-3-5-14-4-1-2-6-16(14)17/h1-7,15,19H,8-13H2,(H,20,21). The van der Waals surface area contributed by atoms with Crippen LogP contribution in [0.5, 0.6) is 5.75 Å². The number of amides is 1. The fourth-order valence-electron chi connectivity index (χ4n) is 2.72. The highest BCUT2D eigenvalue weighted by Crippen LogP contribution is 2.24. The minimum Gasteiger partial charge on any atom is -0.491 e. The lowest BCUT2D eigenvalue weighted by atomic mass is 10.1. The zero-order valence-electron chi connectivity index (χ0n) is 13.1. The average Bonchev–Trinajstić information content (AvgIpc) is 2.60. The van der Waals surface area contributed by atoms with Gasteiger partial charge in [0.1, 0.15) is 12.4 Å². The van der Waals surface area contributed by atoms with E-state index >= 15 is 0 Å². The number of nitrogens with one attached hydrogen (secondary N) is 2. The first kappa shape index (κ1) is 15.8. The summed E-state index contributed by atoms with van der Waals surface area (Å²) in [5, 5.41) is 8.40. The normalized spacial score (nSPS) is 17.8. The van der Waals surface area contributed by atoms with E-state index in [1.165, 1.54) is 0 Å². The van der Waals surface area contributed by atoms with Gasteiger partial charge in [-0.25, -0.2) is 0 Å². The summed E-state index contributed by atoms with van der Waals surface area (Å²) in [5.74, 6) is 0.870. The van der Waals surface area contributed by atoms with Gasteiger partial charge in [-0.3, -0.25) is 4.79 Å². The van der Waals surface area contributed by atoms with Crippen LogP contribution in [0.1, 0.15) is 6.42 Å². The topological polar surface area (TPSA) is 59.6 Å². The maximum Gasteiger partial charge on any atom is 0.221 e. The van der Waals surface area contributed by atoms with Gasteiger partial charge in [0.05, 0.1) is 19.8 Å². The molecule has 1 unspecified atom stereocenters. The molecule has 3 rings (SSSR count). The van der Waals surface area contributed by atoms with E-state index in [1.54, 1.807) is 0 Å². The fourth-order valence-corrected chi connectivity index (χ4v) is 2.72. The highest BCUT2D eigenvalue weighted by Gasteiger charge is 2.16. The third-order valence-corrected chi connectivity index (χ3v) is 3.86. The summed E-state index contributed by atoms with van der Waals surface area (Å²) in [4.78, 5) is 11.9. The molecule has 1 aliphatic heterocycles. The van der Waals surface area contributed by atoms with Crippen molar-refractivity contribution in [1.29, 1.82) is 0 Å². The molecular weight excluding hydrogens is 292 g/mol. The number of ether oxygens (including phenoxy) is 2. The smallest absolute Gasteiger partial charge is 0.221 e. The van der Waals surface area contributed by atoms with Crippen molar-refractivity contribution < 1.29 is 14.3 Å². The van der Waals surface area contributed by atoms with Gasteiger partial charge in [-0.1, -0.05) is 36.4 Å². The number of carbonyl (C=O) groups is 1. The van der Waals surface area contributed by atoms with Gasteiger partial charge in [-0.05, 0) is 11.5 Å². The van der Waals surface area contributed by atoms with E-state index in [0.717, 1.165) is 29.7 Å². The maximum atomic E-state index is 11.9. The average molecular weight is 314 g/mol. The van der Waals surface area contributed by atoms with Crippen molar-refractivity contribution in [3.8, 4) is 5.75 Å². The molecule has 0 saturated carbocycles. The molecule has 122 valence electrons. The number of rotatable bonds is 6.